The maximum absolute atomic E-state index is 11.3. The van der Waals surface area contributed by atoms with Gasteiger partial charge in [-0.25, -0.2) is 18.1 Å². The lowest BCUT2D eigenvalue weighted by atomic mass is 10.3. The summed E-state index contributed by atoms with van der Waals surface area (Å²) < 4.78 is 24.3. The first-order valence-corrected chi connectivity index (χ1v) is 8.99. The number of nitrogens with zero attached hydrogens (tertiary/aromatic N) is 4. The summed E-state index contributed by atoms with van der Waals surface area (Å²) in [4.78, 5) is 3.32. The molecule has 0 fully saturated rings. The van der Waals surface area contributed by atoms with E-state index in [1.165, 1.54) is 12.1 Å². The standard InChI is InChI=1S/C16H14N6O2S/c1-10-15(16-18-13-4-2-3-5-14(13)22(16)21-10)20-19-11-6-8-12(9-7-11)25(17,23)24/h2-9,18H,1H3,(H2,17,23,24)/b20-19+. The van der Waals surface area contributed by atoms with Crippen LogP contribution in [0, 0.1) is 6.92 Å². The number of aromatic amines is 1. The molecule has 0 aliphatic rings. The zero-order valence-corrected chi connectivity index (χ0v) is 14.0. The molecule has 0 unspecified atom stereocenters. The van der Waals surface area contributed by atoms with Crippen LogP contribution in [-0.2, 0) is 10.0 Å². The summed E-state index contributed by atoms with van der Waals surface area (Å²) in [5.41, 5.74) is 4.55. The highest BCUT2D eigenvalue weighted by Gasteiger charge is 2.13. The highest BCUT2D eigenvalue weighted by molar-refractivity contribution is 7.89. The lowest BCUT2D eigenvalue weighted by Gasteiger charge is -1.97. The molecular formula is C16H14N6O2S. The van der Waals surface area contributed by atoms with E-state index in [-0.39, 0.29) is 4.90 Å². The molecule has 2 heterocycles. The fourth-order valence-corrected chi connectivity index (χ4v) is 3.14. The van der Waals surface area contributed by atoms with Crippen LogP contribution in [0.15, 0.2) is 63.7 Å². The molecule has 0 radical (unpaired) electrons. The number of sulfonamides is 1. The number of H-pyrrole nitrogens is 1. The number of aromatic nitrogens is 3. The van der Waals surface area contributed by atoms with E-state index in [1.807, 2.05) is 31.2 Å². The Morgan fingerprint density at radius 2 is 1.80 bits per heavy atom. The molecular weight excluding hydrogens is 340 g/mol. The van der Waals surface area contributed by atoms with Crippen LogP contribution in [0.2, 0.25) is 0 Å². The van der Waals surface area contributed by atoms with Gasteiger partial charge in [0.25, 0.3) is 0 Å². The molecule has 0 atom stereocenters. The molecule has 0 aliphatic carbocycles. The van der Waals surface area contributed by atoms with Gasteiger partial charge in [0, 0.05) is 0 Å². The molecule has 126 valence electrons. The molecule has 0 spiro atoms. The van der Waals surface area contributed by atoms with Crippen LogP contribution in [-0.4, -0.2) is 23.0 Å². The lowest BCUT2D eigenvalue weighted by molar-refractivity contribution is 0.598. The number of hydrogen-bond acceptors (Lipinski definition) is 5. The van der Waals surface area contributed by atoms with Crippen LogP contribution in [0.3, 0.4) is 0 Å². The Kier molecular flexibility index (Phi) is 3.41. The maximum Gasteiger partial charge on any atom is 0.238 e. The van der Waals surface area contributed by atoms with E-state index in [4.69, 9.17) is 5.14 Å². The molecule has 2 aromatic heterocycles. The van der Waals surface area contributed by atoms with Gasteiger partial charge >= 0.3 is 0 Å². The third-order valence-electron chi connectivity index (χ3n) is 3.84. The number of benzene rings is 2. The Morgan fingerprint density at radius 1 is 1.08 bits per heavy atom. The fraction of sp³-hybridized carbons (Fsp3) is 0.0625. The molecule has 25 heavy (non-hydrogen) atoms. The normalized spacial score (nSPS) is 12.6. The predicted molar refractivity (Wildman–Crippen MR) is 93.8 cm³/mol. The number of fused-ring (bicyclic) bond motifs is 3. The van der Waals surface area contributed by atoms with Gasteiger partial charge < -0.3 is 4.98 Å². The van der Waals surface area contributed by atoms with Crippen molar-refractivity contribution in [1.29, 1.82) is 0 Å². The smallest absolute Gasteiger partial charge is 0.238 e. The number of azo groups is 1. The van der Waals surface area contributed by atoms with Crippen molar-refractivity contribution in [3.63, 3.8) is 0 Å². The van der Waals surface area contributed by atoms with Crippen LogP contribution >= 0.6 is 0 Å². The van der Waals surface area contributed by atoms with Crippen molar-refractivity contribution in [3.8, 4) is 0 Å². The first-order valence-electron chi connectivity index (χ1n) is 7.44. The SMILES string of the molecule is Cc1nn2c([nH]c3ccccc32)c1/N=N/c1ccc(S(N)(=O)=O)cc1. The number of nitrogens with one attached hydrogen (secondary N) is 1. The van der Waals surface area contributed by atoms with Crippen LogP contribution in [0.5, 0.6) is 0 Å². The third kappa shape index (κ3) is 2.69. The first kappa shape index (κ1) is 15.5. The van der Waals surface area contributed by atoms with Crippen molar-refractivity contribution < 1.29 is 8.42 Å². The van der Waals surface area contributed by atoms with Gasteiger partial charge in [-0.1, -0.05) is 12.1 Å². The minimum Gasteiger partial charge on any atom is -0.336 e. The van der Waals surface area contributed by atoms with Crippen LogP contribution < -0.4 is 5.14 Å². The first-order chi connectivity index (χ1) is 11.9. The molecule has 0 amide bonds. The topological polar surface area (TPSA) is 118 Å². The zero-order chi connectivity index (χ0) is 17.6. The summed E-state index contributed by atoms with van der Waals surface area (Å²) in [5, 5.41) is 18.0. The second kappa shape index (κ2) is 5.50. The summed E-state index contributed by atoms with van der Waals surface area (Å²) in [6.45, 7) is 1.86. The van der Waals surface area contributed by atoms with Crippen LogP contribution in [0.25, 0.3) is 16.7 Å². The Morgan fingerprint density at radius 3 is 2.52 bits per heavy atom. The van der Waals surface area contributed by atoms with Crippen molar-refractivity contribution in [2.45, 2.75) is 11.8 Å². The van der Waals surface area contributed by atoms with E-state index in [0.717, 1.165) is 22.4 Å². The molecule has 0 saturated carbocycles. The average molecular weight is 354 g/mol. The van der Waals surface area contributed by atoms with Crippen molar-refractivity contribution in [3.05, 3.63) is 54.2 Å². The minimum atomic E-state index is -3.72. The number of imidazole rings is 1. The van der Waals surface area contributed by atoms with E-state index in [9.17, 15) is 8.42 Å². The molecule has 3 N–H and O–H groups in total. The number of hydrogen-bond donors (Lipinski definition) is 2. The Bertz CT molecular complexity index is 1220. The summed E-state index contributed by atoms with van der Waals surface area (Å²) in [6.07, 6.45) is 0. The lowest BCUT2D eigenvalue weighted by Crippen LogP contribution is -2.11. The van der Waals surface area contributed by atoms with Crippen molar-refractivity contribution >= 4 is 38.1 Å². The van der Waals surface area contributed by atoms with E-state index >= 15 is 0 Å². The second-order valence-electron chi connectivity index (χ2n) is 5.58. The summed E-state index contributed by atoms with van der Waals surface area (Å²) in [5.74, 6) is 0. The van der Waals surface area contributed by atoms with Crippen LogP contribution in [0.4, 0.5) is 11.4 Å². The fourth-order valence-electron chi connectivity index (χ4n) is 2.63. The van der Waals surface area contributed by atoms with Gasteiger partial charge in [0.1, 0.15) is 0 Å². The quantitative estimate of drug-likeness (QED) is 0.550. The van der Waals surface area contributed by atoms with Crippen molar-refractivity contribution in [2.24, 2.45) is 15.4 Å². The number of para-hydroxylation sites is 2. The maximum atomic E-state index is 11.3. The molecule has 4 rings (SSSR count). The molecule has 0 bridgehead atoms. The Balaban J connectivity index is 1.75. The molecule has 4 aromatic rings. The highest BCUT2D eigenvalue weighted by atomic mass is 32.2. The van der Waals surface area contributed by atoms with Gasteiger partial charge in [0.15, 0.2) is 11.3 Å². The molecule has 9 heteroatoms. The summed E-state index contributed by atoms with van der Waals surface area (Å²) in [6, 6.07) is 13.7. The van der Waals surface area contributed by atoms with Gasteiger partial charge in [0.05, 0.1) is 27.3 Å². The third-order valence-corrected chi connectivity index (χ3v) is 4.77. The summed E-state index contributed by atoms with van der Waals surface area (Å²) >= 11 is 0. The van der Waals surface area contributed by atoms with E-state index in [0.29, 0.717) is 11.4 Å². The average Bonchev–Trinajstić information content (AvgIpc) is 3.08. The van der Waals surface area contributed by atoms with Crippen LogP contribution in [0.1, 0.15) is 5.69 Å². The number of rotatable bonds is 3. The predicted octanol–water partition coefficient (Wildman–Crippen LogP) is 3.19. The zero-order valence-electron chi connectivity index (χ0n) is 13.2. The Labute approximate surface area is 143 Å². The molecule has 0 aliphatic heterocycles. The van der Waals surface area contributed by atoms with Gasteiger partial charge in [-0.3, -0.25) is 0 Å². The van der Waals surface area contributed by atoms with Crippen molar-refractivity contribution in [2.75, 3.05) is 0 Å². The van der Waals surface area contributed by atoms with E-state index < -0.39 is 10.0 Å². The largest absolute Gasteiger partial charge is 0.336 e. The number of aryl methyl sites for hydroxylation is 1. The van der Waals surface area contributed by atoms with Gasteiger partial charge in [0.2, 0.25) is 10.0 Å². The monoisotopic (exact) mass is 354 g/mol. The minimum absolute atomic E-state index is 0.0335. The number of primary sulfonamides is 1. The molecule has 2 aromatic carbocycles. The second-order valence-corrected chi connectivity index (χ2v) is 7.14. The van der Waals surface area contributed by atoms with Gasteiger partial charge in [-0.15, -0.1) is 5.11 Å². The Hall–Kier alpha value is -3.04. The van der Waals surface area contributed by atoms with E-state index in [2.05, 4.69) is 20.3 Å². The number of nitrogens with two attached hydrogens (primary N) is 1. The van der Waals surface area contributed by atoms with E-state index in [1.54, 1.807) is 16.6 Å². The highest BCUT2D eigenvalue weighted by Crippen LogP contribution is 2.29. The summed E-state index contributed by atoms with van der Waals surface area (Å²) in [7, 11) is -3.72. The van der Waals surface area contributed by atoms with Crippen molar-refractivity contribution in [1.82, 2.24) is 14.6 Å². The van der Waals surface area contributed by atoms with Gasteiger partial charge in [-0.05, 0) is 43.3 Å². The van der Waals surface area contributed by atoms with Gasteiger partial charge in [-0.2, -0.15) is 10.2 Å². The molecule has 0 saturated heterocycles. The molecule has 8 nitrogen and oxygen atoms in total.